The lowest BCUT2D eigenvalue weighted by Gasteiger charge is -2.12. The lowest BCUT2D eigenvalue weighted by molar-refractivity contribution is -0.149. The van der Waals surface area contributed by atoms with Crippen LogP contribution in [0.25, 0.3) is 0 Å². The first-order chi connectivity index (χ1) is 9.69. The summed E-state index contributed by atoms with van der Waals surface area (Å²) in [5.41, 5.74) is 1.24. The van der Waals surface area contributed by atoms with Crippen molar-refractivity contribution in [3.05, 3.63) is 29.8 Å². The first-order valence-corrected chi connectivity index (χ1v) is 6.91. The Morgan fingerprint density at radius 3 is 2.75 bits per heavy atom. The molecule has 2 rings (SSSR count). The predicted octanol–water partition coefficient (Wildman–Crippen LogP) is 1.46. The minimum absolute atomic E-state index is 0.0203. The van der Waals surface area contributed by atoms with Crippen LogP contribution >= 0.6 is 0 Å². The molecule has 1 heterocycles. The number of rotatable bonds is 7. The van der Waals surface area contributed by atoms with Crippen LogP contribution < -0.4 is 10.1 Å². The van der Waals surface area contributed by atoms with Crippen molar-refractivity contribution in [3.8, 4) is 5.75 Å². The van der Waals surface area contributed by atoms with Crippen LogP contribution in [0.2, 0.25) is 0 Å². The van der Waals surface area contributed by atoms with Crippen LogP contribution in [0, 0.1) is 0 Å². The maximum atomic E-state index is 10.8. The summed E-state index contributed by atoms with van der Waals surface area (Å²) in [5, 5.41) is 12.2. The van der Waals surface area contributed by atoms with Crippen molar-refractivity contribution in [1.29, 1.82) is 0 Å². The van der Waals surface area contributed by atoms with Gasteiger partial charge in [0, 0.05) is 6.54 Å². The van der Waals surface area contributed by atoms with E-state index in [0.717, 1.165) is 25.1 Å². The number of benzene rings is 1. The SMILES string of the molecule is COc1ccc(CCNCC2CCC(C(=O)O)O2)cc1. The molecule has 0 saturated carbocycles. The number of carboxylic acid groups (broad SMARTS) is 1. The van der Waals surface area contributed by atoms with E-state index in [1.807, 2.05) is 24.3 Å². The Morgan fingerprint density at radius 1 is 1.40 bits per heavy atom. The summed E-state index contributed by atoms with van der Waals surface area (Å²) in [4.78, 5) is 10.8. The second-order valence-electron chi connectivity index (χ2n) is 4.96. The van der Waals surface area contributed by atoms with Crippen LogP contribution in [-0.2, 0) is 16.0 Å². The van der Waals surface area contributed by atoms with E-state index in [1.54, 1.807) is 7.11 Å². The smallest absolute Gasteiger partial charge is 0.332 e. The molecular weight excluding hydrogens is 258 g/mol. The molecule has 0 bridgehead atoms. The van der Waals surface area contributed by atoms with Gasteiger partial charge in [0.25, 0.3) is 0 Å². The summed E-state index contributed by atoms with van der Waals surface area (Å²) in [6.07, 6.45) is 1.75. The molecule has 1 aromatic rings. The van der Waals surface area contributed by atoms with E-state index in [-0.39, 0.29) is 6.10 Å². The summed E-state index contributed by atoms with van der Waals surface area (Å²) >= 11 is 0. The highest BCUT2D eigenvalue weighted by Gasteiger charge is 2.29. The van der Waals surface area contributed by atoms with Gasteiger partial charge in [0.05, 0.1) is 13.2 Å². The highest BCUT2D eigenvalue weighted by Crippen LogP contribution is 2.19. The van der Waals surface area contributed by atoms with Gasteiger partial charge in [-0.2, -0.15) is 0 Å². The summed E-state index contributed by atoms with van der Waals surface area (Å²) in [6, 6.07) is 8.00. The van der Waals surface area contributed by atoms with Gasteiger partial charge < -0.3 is 19.9 Å². The minimum atomic E-state index is -0.856. The zero-order valence-corrected chi connectivity index (χ0v) is 11.7. The third kappa shape index (κ3) is 4.21. The molecule has 20 heavy (non-hydrogen) atoms. The lowest BCUT2D eigenvalue weighted by Crippen LogP contribution is -2.30. The maximum Gasteiger partial charge on any atom is 0.332 e. The van der Waals surface area contributed by atoms with Crippen molar-refractivity contribution in [2.24, 2.45) is 0 Å². The Labute approximate surface area is 118 Å². The third-order valence-electron chi connectivity index (χ3n) is 3.50. The molecule has 2 unspecified atom stereocenters. The van der Waals surface area contributed by atoms with E-state index in [1.165, 1.54) is 5.56 Å². The van der Waals surface area contributed by atoms with Crippen LogP contribution in [0.15, 0.2) is 24.3 Å². The minimum Gasteiger partial charge on any atom is -0.497 e. The normalized spacial score (nSPS) is 21.9. The van der Waals surface area contributed by atoms with Crippen LogP contribution in [0.4, 0.5) is 0 Å². The van der Waals surface area contributed by atoms with E-state index in [2.05, 4.69) is 5.32 Å². The number of ether oxygens (including phenoxy) is 2. The Morgan fingerprint density at radius 2 is 2.15 bits per heavy atom. The topological polar surface area (TPSA) is 67.8 Å². The molecule has 1 saturated heterocycles. The molecule has 1 aliphatic rings. The number of hydrogen-bond acceptors (Lipinski definition) is 4. The first kappa shape index (κ1) is 14.8. The van der Waals surface area contributed by atoms with Gasteiger partial charge in [0.1, 0.15) is 5.75 Å². The van der Waals surface area contributed by atoms with Crippen molar-refractivity contribution in [2.75, 3.05) is 20.2 Å². The summed E-state index contributed by atoms with van der Waals surface area (Å²) < 4.78 is 10.5. The van der Waals surface area contributed by atoms with Crippen molar-refractivity contribution in [2.45, 2.75) is 31.5 Å². The zero-order chi connectivity index (χ0) is 14.4. The number of carbonyl (C=O) groups is 1. The molecule has 0 aliphatic carbocycles. The fourth-order valence-corrected chi connectivity index (χ4v) is 2.33. The van der Waals surface area contributed by atoms with Crippen LogP contribution in [0.3, 0.4) is 0 Å². The molecule has 0 aromatic heterocycles. The molecular formula is C15H21NO4. The Bertz CT molecular complexity index is 432. The summed E-state index contributed by atoms with van der Waals surface area (Å²) in [7, 11) is 1.66. The lowest BCUT2D eigenvalue weighted by atomic mass is 10.1. The molecule has 1 aliphatic heterocycles. The highest BCUT2D eigenvalue weighted by atomic mass is 16.5. The Hall–Kier alpha value is -1.59. The first-order valence-electron chi connectivity index (χ1n) is 6.91. The molecule has 0 amide bonds. The van der Waals surface area contributed by atoms with E-state index in [9.17, 15) is 4.79 Å². The van der Waals surface area contributed by atoms with E-state index < -0.39 is 12.1 Å². The van der Waals surface area contributed by atoms with E-state index in [0.29, 0.717) is 13.0 Å². The van der Waals surface area contributed by atoms with E-state index in [4.69, 9.17) is 14.6 Å². The number of aliphatic carboxylic acids is 1. The largest absolute Gasteiger partial charge is 0.497 e. The Balaban J connectivity index is 1.63. The van der Waals surface area contributed by atoms with Crippen molar-refractivity contribution in [3.63, 3.8) is 0 Å². The van der Waals surface area contributed by atoms with E-state index >= 15 is 0 Å². The van der Waals surface area contributed by atoms with Crippen molar-refractivity contribution >= 4 is 5.97 Å². The maximum absolute atomic E-state index is 10.8. The molecule has 0 radical (unpaired) electrons. The molecule has 1 aromatic carbocycles. The van der Waals surface area contributed by atoms with Gasteiger partial charge in [-0.25, -0.2) is 4.79 Å². The van der Waals surface area contributed by atoms with Gasteiger partial charge in [0.2, 0.25) is 0 Å². The van der Waals surface area contributed by atoms with Gasteiger partial charge in [-0.05, 0) is 43.5 Å². The van der Waals surface area contributed by atoms with Crippen LogP contribution in [-0.4, -0.2) is 43.5 Å². The average molecular weight is 279 g/mol. The molecule has 5 nitrogen and oxygen atoms in total. The fourth-order valence-electron chi connectivity index (χ4n) is 2.33. The summed E-state index contributed by atoms with van der Waals surface area (Å²) in [5.74, 6) is 0.00603. The number of hydrogen-bond donors (Lipinski definition) is 2. The highest BCUT2D eigenvalue weighted by molar-refractivity contribution is 5.72. The number of nitrogens with one attached hydrogen (secondary N) is 1. The Kier molecular flexibility index (Phi) is 5.38. The molecule has 110 valence electrons. The zero-order valence-electron chi connectivity index (χ0n) is 11.7. The van der Waals surface area contributed by atoms with Gasteiger partial charge in [-0.1, -0.05) is 12.1 Å². The van der Waals surface area contributed by atoms with Crippen LogP contribution in [0.5, 0.6) is 5.75 Å². The summed E-state index contributed by atoms with van der Waals surface area (Å²) in [6.45, 7) is 1.56. The monoisotopic (exact) mass is 279 g/mol. The second kappa shape index (κ2) is 7.26. The van der Waals surface area contributed by atoms with Crippen LogP contribution in [0.1, 0.15) is 18.4 Å². The quantitative estimate of drug-likeness (QED) is 0.740. The third-order valence-corrected chi connectivity index (χ3v) is 3.50. The van der Waals surface area contributed by atoms with Gasteiger partial charge in [0.15, 0.2) is 6.10 Å². The number of carboxylic acids is 1. The fraction of sp³-hybridized carbons (Fsp3) is 0.533. The second-order valence-corrected chi connectivity index (χ2v) is 4.96. The molecule has 2 N–H and O–H groups in total. The number of methoxy groups -OCH3 is 1. The molecule has 2 atom stereocenters. The van der Waals surface area contributed by atoms with Crippen molar-refractivity contribution < 1.29 is 19.4 Å². The predicted molar refractivity (Wildman–Crippen MR) is 75.1 cm³/mol. The average Bonchev–Trinajstić information content (AvgIpc) is 2.93. The van der Waals surface area contributed by atoms with Gasteiger partial charge in [-0.15, -0.1) is 0 Å². The van der Waals surface area contributed by atoms with Crippen molar-refractivity contribution in [1.82, 2.24) is 5.32 Å². The van der Waals surface area contributed by atoms with Gasteiger partial charge in [-0.3, -0.25) is 0 Å². The molecule has 5 heteroatoms. The van der Waals surface area contributed by atoms with Gasteiger partial charge >= 0.3 is 5.97 Å². The molecule has 1 fully saturated rings. The standard InChI is InChI=1S/C15H21NO4/c1-19-12-4-2-11(3-5-12)8-9-16-10-13-6-7-14(20-13)15(17)18/h2-5,13-14,16H,6-10H2,1H3,(H,17,18). The molecule has 0 spiro atoms.